The standard InChI is InChI=1S/C15H11F3N4O3S/c16-15(17,18)25-12-3-5-13(6-4-12)26(23,24)21-11-2-7-14(19-10-11)22-9-1-8-20-22/h1-10,21H. The third-order valence-corrected chi connectivity index (χ3v) is 4.50. The number of nitrogens with one attached hydrogen (secondary N) is 1. The summed E-state index contributed by atoms with van der Waals surface area (Å²) < 4.78 is 68.5. The molecule has 0 unspecified atom stereocenters. The summed E-state index contributed by atoms with van der Waals surface area (Å²) in [5.41, 5.74) is 0.191. The molecule has 3 aromatic rings. The van der Waals surface area contributed by atoms with Gasteiger partial charge < -0.3 is 4.74 Å². The molecule has 0 bridgehead atoms. The molecule has 0 saturated heterocycles. The van der Waals surface area contributed by atoms with E-state index in [0.29, 0.717) is 5.82 Å². The van der Waals surface area contributed by atoms with Crippen LogP contribution in [0.5, 0.6) is 5.75 Å². The maximum Gasteiger partial charge on any atom is 0.573 e. The second-order valence-electron chi connectivity index (χ2n) is 4.98. The van der Waals surface area contributed by atoms with Crippen LogP contribution in [0.15, 0.2) is 66.0 Å². The Bertz CT molecular complexity index is 970. The van der Waals surface area contributed by atoms with Crippen LogP contribution in [0.3, 0.4) is 0 Å². The topological polar surface area (TPSA) is 86.1 Å². The van der Waals surface area contributed by atoms with Gasteiger partial charge in [-0.05, 0) is 42.5 Å². The smallest absolute Gasteiger partial charge is 0.406 e. The third kappa shape index (κ3) is 4.30. The van der Waals surface area contributed by atoms with Gasteiger partial charge in [-0.25, -0.2) is 18.1 Å². The van der Waals surface area contributed by atoms with Gasteiger partial charge in [-0.3, -0.25) is 4.72 Å². The summed E-state index contributed by atoms with van der Waals surface area (Å²) >= 11 is 0. The van der Waals surface area contributed by atoms with E-state index in [2.05, 4.69) is 19.5 Å². The predicted octanol–water partition coefficient (Wildman–Crippen LogP) is 2.97. The van der Waals surface area contributed by atoms with Crippen LogP contribution < -0.4 is 9.46 Å². The zero-order chi connectivity index (χ0) is 18.8. The van der Waals surface area contributed by atoms with Crippen molar-refractivity contribution in [3.8, 4) is 11.6 Å². The summed E-state index contributed by atoms with van der Waals surface area (Å²) in [5.74, 6) is -0.0201. The van der Waals surface area contributed by atoms with Crippen molar-refractivity contribution < 1.29 is 26.3 Å². The zero-order valence-electron chi connectivity index (χ0n) is 12.9. The fraction of sp³-hybridized carbons (Fsp3) is 0.0667. The van der Waals surface area contributed by atoms with Crippen LogP contribution in [0.25, 0.3) is 5.82 Å². The van der Waals surface area contributed by atoms with Gasteiger partial charge in [0.2, 0.25) is 0 Å². The molecule has 0 aliphatic carbocycles. The number of hydrogen-bond donors (Lipinski definition) is 1. The van der Waals surface area contributed by atoms with Crippen LogP contribution in [0, 0.1) is 0 Å². The number of benzene rings is 1. The first-order chi connectivity index (χ1) is 12.2. The summed E-state index contributed by atoms with van der Waals surface area (Å²) in [6.07, 6.45) is -0.294. The van der Waals surface area contributed by atoms with Crippen molar-refractivity contribution in [1.82, 2.24) is 14.8 Å². The van der Waals surface area contributed by atoms with Crippen molar-refractivity contribution in [2.45, 2.75) is 11.3 Å². The van der Waals surface area contributed by atoms with Gasteiger partial charge in [0.05, 0.1) is 16.8 Å². The van der Waals surface area contributed by atoms with Crippen LogP contribution in [-0.4, -0.2) is 29.5 Å². The number of ether oxygens (including phenoxy) is 1. The minimum Gasteiger partial charge on any atom is -0.406 e. The average Bonchev–Trinajstić information content (AvgIpc) is 3.09. The molecule has 0 fully saturated rings. The molecule has 0 atom stereocenters. The lowest BCUT2D eigenvalue weighted by molar-refractivity contribution is -0.274. The minimum atomic E-state index is -4.85. The highest BCUT2D eigenvalue weighted by Crippen LogP contribution is 2.24. The van der Waals surface area contributed by atoms with Crippen LogP contribution in [0.4, 0.5) is 18.9 Å². The fourth-order valence-corrected chi connectivity index (χ4v) is 3.06. The number of anilines is 1. The molecule has 0 radical (unpaired) electrons. The lowest BCUT2D eigenvalue weighted by atomic mass is 10.3. The van der Waals surface area contributed by atoms with Crippen molar-refractivity contribution in [1.29, 1.82) is 0 Å². The van der Waals surface area contributed by atoms with Crippen molar-refractivity contribution in [2.24, 2.45) is 0 Å². The summed E-state index contributed by atoms with van der Waals surface area (Å²) in [4.78, 5) is 3.86. The quantitative estimate of drug-likeness (QED) is 0.731. The van der Waals surface area contributed by atoms with E-state index in [1.54, 1.807) is 24.5 Å². The molecule has 7 nitrogen and oxygen atoms in total. The normalized spacial score (nSPS) is 12.0. The number of aromatic nitrogens is 3. The van der Waals surface area contributed by atoms with Crippen molar-refractivity contribution >= 4 is 15.7 Å². The second-order valence-corrected chi connectivity index (χ2v) is 6.66. The number of rotatable bonds is 5. The molecular formula is C15H11F3N4O3S. The number of nitrogens with zero attached hydrogens (tertiary/aromatic N) is 3. The van der Waals surface area contributed by atoms with E-state index >= 15 is 0 Å². The van der Waals surface area contributed by atoms with E-state index in [4.69, 9.17) is 0 Å². The largest absolute Gasteiger partial charge is 0.573 e. The van der Waals surface area contributed by atoms with Gasteiger partial charge in [0.1, 0.15) is 5.75 Å². The Labute approximate surface area is 146 Å². The molecule has 0 saturated carbocycles. The third-order valence-electron chi connectivity index (χ3n) is 3.11. The molecule has 0 aliphatic heterocycles. The Hall–Kier alpha value is -3.08. The lowest BCUT2D eigenvalue weighted by Gasteiger charge is -2.11. The molecule has 1 aromatic carbocycles. The van der Waals surface area contributed by atoms with E-state index in [0.717, 1.165) is 24.3 Å². The van der Waals surface area contributed by atoms with E-state index in [-0.39, 0.29) is 10.6 Å². The molecule has 136 valence electrons. The van der Waals surface area contributed by atoms with Crippen LogP contribution in [0.2, 0.25) is 0 Å². The molecule has 2 aromatic heterocycles. The highest BCUT2D eigenvalue weighted by molar-refractivity contribution is 7.92. The molecule has 11 heteroatoms. The summed E-state index contributed by atoms with van der Waals surface area (Å²) in [5, 5.41) is 4.00. The Morgan fingerprint density at radius 3 is 2.35 bits per heavy atom. The van der Waals surface area contributed by atoms with E-state index in [9.17, 15) is 21.6 Å². The molecule has 26 heavy (non-hydrogen) atoms. The van der Waals surface area contributed by atoms with Gasteiger partial charge >= 0.3 is 6.36 Å². The van der Waals surface area contributed by atoms with Gasteiger partial charge in [-0.15, -0.1) is 13.2 Å². The van der Waals surface area contributed by atoms with Crippen molar-refractivity contribution in [3.63, 3.8) is 0 Å². The summed E-state index contributed by atoms with van der Waals surface area (Å²) in [6, 6.07) is 8.62. The molecule has 3 rings (SSSR count). The minimum absolute atomic E-state index is 0.191. The SMILES string of the molecule is O=S(=O)(Nc1ccc(-n2cccn2)nc1)c1ccc(OC(F)(F)F)cc1. The Balaban J connectivity index is 1.74. The van der Waals surface area contributed by atoms with Gasteiger partial charge in [-0.2, -0.15) is 5.10 Å². The Morgan fingerprint density at radius 2 is 1.81 bits per heavy atom. The van der Waals surface area contributed by atoms with Crippen LogP contribution >= 0.6 is 0 Å². The molecule has 0 aliphatic rings. The number of hydrogen-bond acceptors (Lipinski definition) is 5. The van der Waals surface area contributed by atoms with Gasteiger partial charge in [0.25, 0.3) is 10.0 Å². The monoisotopic (exact) mass is 384 g/mol. The van der Waals surface area contributed by atoms with E-state index in [1.165, 1.54) is 16.9 Å². The van der Waals surface area contributed by atoms with Crippen molar-refractivity contribution in [3.05, 3.63) is 61.1 Å². The molecular weight excluding hydrogens is 373 g/mol. The number of halogens is 3. The second kappa shape index (κ2) is 6.67. The maximum atomic E-state index is 12.3. The van der Waals surface area contributed by atoms with Gasteiger partial charge in [0, 0.05) is 12.4 Å². The fourth-order valence-electron chi connectivity index (χ4n) is 2.02. The first-order valence-electron chi connectivity index (χ1n) is 7.08. The lowest BCUT2D eigenvalue weighted by Crippen LogP contribution is -2.17. The number of pyridine rings is 1. The van der Waals surface area contributed by atoms with Crippen LogP contribution in [0.1, 0.15) is 0 Å². The first kappa shape index (κ1) is 17.7. The highest BCUT2D eigenvalue weighted by Gasteiger charge is 2.31. The van der Waals surface area contributed by atoms with E-state index in [1.807, 2.05) is 0 Å². The molecule has 0 spiro atoms. The molecule has 2 heterocycles. The Morgan fingerprint density at radius 1 is 1.08 bits per heavy atom. The average molecular weight is 384 g/mol. The highest BCUT2D eigenvalue weighted by atomic mass is 32.2. The van der Waals surface area contributed by atoms with Crippen LogP contribution in [-0.2, 0) is 10.0 Å². The van der Waals surface area contributed by atoms with E-state index < -0.39 is 22.1 Å². The zero-order valence-corrected chi connectivity index (χ0v) is 13.7. The summed E-state index contributed by atoms with van der Waals surface area (Å²) in [6.45, 7) is 0. The molecule has 0 amide bonds. The summed E-state index contributed by atoms with van der Waals surface area (Å²) in [7, 11) is -3.99. The van der Waals surface area contributed by atoms with Crippen molar-refractivity contribution in [2.75, 3.05) is 4.72 Å². The maximum absolute atomic E-state index is 12.3. The number of alkyl halides is 3. The predicted molar refractivity (Wildman–Crippen MR) is 85.3 cm³/mol. The molecule has 1 N–H and O–H groups in total. The Kier molecular flexibility index (Phi) is 4.55. The number of sulfonamides is 1. The van der Waals surface area contributed by atoms with Gasteiger partial charge in [-0.1, -0.05) is 0 Å². The first-order valence-corrected chi connectivity index (χ1v) is 8.56. The van der Waals surface area contributed by atoms with Gasteiger partial charge in [0.15, 0.2) is 5.82 Å².